The first-order chi connectivity index (χ1) is 10.2. The number of hydrogen-bond donors (Lipinski definition) is 1. The number of ether oxygens (including phenoxy) is 2. The maximum absolute atomic E-state index is 14.3. The largest absolute Gasteiger partial charge is 0.493 e. The van der Waals surface area contributed by atoms with Gasteiger partial charge in [0.05, 0.1) is 14.2 Å². The van der Waals surface area contributed by atoms with Crippen molar-refractivity contribution in [2.24, 2.45) is 5.73 Å². The van der Waals surface area contributed by atoms with Crippen LogP contribution in [0, 0.1) is 5.82 Å². The number of halogens is 1. The second kappa shape index (κ2) is 5.37. The van der Waals surface area contributed by atoms with Crippen LogP contribution >= 0.6 is 0 Å². The zero-order valence-electron chi connectivity index (χ0n) is 12.1. The van der Waals surface area contributed by atoms with E-state index in [4.69, 9.17) is 15.2 Å². The first-order valence-corrected chi connectivity index (χ1v) is 6.90. The number of hydrogen-bond acceptors (Lipinski definition) is 3. The number of benzene rings is 2. The topological polar surface area (TPSA) is 44.5 Å². The van der Waals surface area contributed by atoms with Crippen LogP contribution < -0.4 is 15.2 Å². The molecule has 2 aromatic rings. The Morgan fingerprint density at radius 2 is 1.81 bits per heavy atom. The van der Waals surface area contributed by atoms with Gasteiger partial charge in [0.1, 0.15) is 5.82 Å². The van der Waals surface area contributed by atoms with Crippen LogP contribution in [0.25, 0.3) is 0 Å². The molecule has 0 aliphatic heterocycles. The Hall–Kier alpha value is -2.07. The minimum Gasteiger partial charge on any atom is -0.493 e. The van der Waals surface area contributed by atoms with Crippen molar-refractivity contribution >= 4 is 0 Å². The molecule has 2 atom stereocenters. The third-order valence-corrected chi connectivity index (χ3v) is 4.19. The van der Waals surface area contributed by atoms with E-state index in [1.807, 2.05) is 12.1 Å². The van der Waals surface area contributed by atoms with Gasteiger partial charge < -0.3 is 15.2 Å². The van der Waals surface area contributed by atoms with Gasteiger partial charge in [-0.05, 0) is 23.6 Å². The molecule has 1 aliphatic rings. The highest BCUT2D eigenvalue weighted by Gasteiger charge is 2.33. The van der Waals surface area contributed by atoms with E-state index < -0.39 is 0 Å². The number of rotatable bonds is 4. The Morgan fingerprint density at radius 3 is 2.48 bits per heavy atom. The summed E-state index contributed by atoms with van der Waals surface area (Å²) in [6.07, 6.45) is 0.880. The molecular formula is C17H18FNO2. The summed E-state index contributed by atoms with van der Waals surface area (Å²) >= 11 is 0. The lowest BCUT2D eigenvalue weighted by Gasteiger charge is -2.35. The summed E-state index contributed by atoms with van der Waals surface area (Å²) in [6.45, 7) is 0. The van der Waals surface area contributed by atoms with Crippen LogP contribution in [-0.2, 0) is 6.42 Å². The van der Waals surface area contributed by atoms with Gasteiger partial charge in [-0.2, -0.15) is 0 Å². The SMILES string of the molecule is COc1cc(F)c(C(N)C2Cc3ccccc32)cc1OC. The lowest BCUT2D eigenvalue weighted by Crippen LogP contribution is -2.29. The molecule has 0 bridgehead atoms. The fourth-order valence-corrected chi connectivity index (χ4v) is 2.96. The Morgan fingerprint density at radius 1 is 1.14 bits per heavy atom. The highest BCUT2D eigenvalue weighted by Crippen LogP contribution is 2.44. The smallest absolute Gasteiger partial charge is 0.163 e. The summed E-state index contributed by atoms with van der Waals surface area (Å²) in [4.78, 5) is 0. The third kappa shape index (κ3) is 2.25. The highest BCUT2D eigenvalue weighted by molar-refractivity contribution is 5.48. The summed E-state index contributed by atoms with van der Waals surface area (Å²) in [5.74, 6) is 0.662. The van der Waals surface area contributed by atoms with Crippen LogP contribution in [0.2, 0.25) is 0 Å². The number of fused-ring (bicyclic) bond motifs is 1. The molecule has 0 fully saturated rings. The number of methoxy groups -OCH3 is 2. The van der Waals surface area contributed by atoms with Gasteiger partial charge in [0.15, 0.2) is 11.5 Å². The highest BCUT2D eigenvalue weighted by atomic mass is 19.1. The molecule has 21 heavy (non-hydrogen) atoms. The van der Waals surface area contributed by atoms with Crippen molar-refractivity contribution in [2.45, 2.75) is 18.4 Å². The van der Waals surface area contributed by atoms with Crippen molar-refractivity contribution in [3.8, 4) is 11.5 Å². The predicted octanol–water partition coefficient (Wildman–Crippen LogP) is 3.18. The normalized spacial score (nSPS) is 17.6. The average Bonchev–Trinajstić information content (AvgIpc) is 2.48. The minimum absolute atomic E-state index is 0.147. The standard InChI is InChI=1S/C17H18FNO2/c1-20-15-8-13(14(18)9-16(15)21-2)17(19)12-7-10-5-3-4-6-11(10)12/h3-6,8-9,12,17H,7,19H2,1-2H3. The van der Waals surface area contributed by atoms with Crippen molar-refractivity contribution in [2.75, 3.05) is 14.2 Å². The Bertz CT molecular complexity index is 672. The maximum Gasteiger partial charge on any atom is 0.163 e. The predicted molar refractivity (Wildman–Crippen MR) is 79.3 cm³/mol. The zero-order chi connectivity index (χ0) is 15.0. The minimum atomic E-state index is -0.389. The summed E-state index contributed by atoms with van der Waals surface area (Å²) in [5.41, 5.74) is 9.26. The van der Waals surface area contributed by atoms with Crippen molar-refractivity contribution in [3.05, 3.63) is 58.9 Å². The second-order valence-electron chi connectivity index (χ2n) is 5.26. The van der Waals surface area contributed by atoms with Gasteiger partial charge in [0, 0.05) is 23.6 Å². The van der Waals surface area contributed by atoms with E-state index in [0.29, 0.717) is 17.1 Å². The van der Waals surface area contributed by atoms with E-state index in [0.717, 1.165) is 6.42 Å². The van der Waals surface area contributed by atoms with Crippen molar-refractivity contribution < 1.29 is 13.9 Å². The Balaban J connectivity index is 1.94. The van der Waals surface area contributed by atoms with E-state index in [-0.39, 0.29) is 17.8 Å². The molecule has 0 saturated carbocycles. The molecule has 0 saturated heterocycles. The molecule has 0 heterocycles. The van der Waals surface area contributed by atoms with Gasteiger partial charge in [-0.3, -0.25) is 0 Å². The first kappa shape index (κ1) is 13.9. The lowest BCUT2D eigenvalue weighted by atomic mass is 9.72. The fourth-order valence-electron chi connectivity index (χ4n) is 2.96. The Labute approximate surface area is 123 Å². The Kier molecular flexibility index (Phi) is 3.55. The average molecular weight is 287 g/mol. The number of nitrogens with two attached hydrogens (primary N) is 1. The van der Waals surface area contributed by atoms with E-state index in [1.165, 1.54) is 31.4 Å². The summed E-state index contributed by atoms with van der Waals surface area (Å²) in [7, 11) is 3.02. The molecule has 2 unspecified atom stereocenters. The third-order valence-electron chi connectivity index (χ3n) is 4.19. The van der Waals surface area contributed by atoms with E-state index in [9.17, 15) is 4.39 Å². The van der Waals surface area contributed by atoms with Crippen LogP contribution in [0.1, 0.15) is 28.7 Å². The van der Waals surface area contributed by atoms with Gasteiger partial charge in [0.25, 0.3) is 0 Å². The van der Waals surface area contributed by atoms with Crippen LogP contribution in [-0.4, -0.2) is 14.2 Å². The fraction of sp³-hybridized carbons (Fsp3) is 0.294. The molecule has 0 spiro atoms. The second-order valence-corrected chi connectivity index (χ2v) is 5.26. The first-order valence-electron chi connectivity index (χ1n) is 6.90. The van der Waals surface area contributed by atoms with E-state index in [1.54, 1.807) is 6.07 Å². The van der Waals surface area contributed by atoms with Crippen LogP contribution in [0.15, 0.2) is 36.4 Å². The van der Waals surface area contributed by atoms with Crippen LogP contribution in [0.4, 0.5) is 4.39 Å². The van der Waals surface area contributed by atoms with Gasteiger partial charge >= 0.3 is 0 Å². The lowest BCUT2D eigenvalue weighted by molar-refractivity contribution is 0.350. The summed E-state index contributed by atoms with van der Waals surface area (Å²) < 4.78 is 24.6. The van der Waals surface area contributed by atoms with Gasteiger partial charge in [-0.25, -0.2) is 4.39 Å². The summed E-state index contributed by atoms with van der Waals surface area (Å²) in [5, 5.41) is 0. The zero-order valence-corrected chi connectivity index (χ0v) is 12.1. The van der Waals surface area contributed by atoms with Crippen LogP contribution in [0.3, 0.4) is 0 Å². The quantitative estimate of drug-likeness (QED) is 0.939. The van der Waals surface area contributed by atoms with Gasteiger partial charge in [-0.1, -0.05) is 24.3 Å². The molecule has 1 aliphatic carbocycles. The van der Waals surface area contributed by atoms with Gasteiger partial charge in [0.2, 0.25) is 0 Å². The van der Waals surface area contributed by atoms with Crippen LogP contribution in [0.5, 0.6) is 11.5 Å². The van der Waals surface area contributed by atoms with Crippen molar-refractivity contribution in [3.63, 3.8) is 0 Å². The van der Waals surface area contributed by atoms with Crippen molar-refractivity contribution in [1.29, 1.82) is 0 Å². The molecule has 110 valence electrons. The molecule has 0 radical (unpaired) electrons. The monoisotopic (exact) mass is 287 g/mol. The molecular weight excluding hydrogens is 269 g/mol. The van der Waals surface area contributed by atoms with E-state index >= 15 is 0 Å². The van der Waals surface area contributed by atoms with E-state index in [2.05, 4.69) is 12.1 Å². The molecule has 2 aromatic carbocycles. The van der Waals surface area contributed by atoms with Crippen molar-refractivity contribution in [1.82, 2.24) is 0 Å². The molecule has 3 nitrogen and oxygen atoms in total. The maximum atomic E-state index is 14.3. The molecule has 2 N–H and O–H groups in total. The molecule has 0 aromatic heterocycles. The molecule has 0 amide bonds. The molecule has 4 heteroatoms. The summed E-state index contributed by atoms with van der Waals surface area (Å²) in [6, 6.07) is 10.7. The van der Waals surface area contributed by atoms with Gasteiger partial charge in [-0.15, -0.1) is 0 Å². The molecule has 3 rings (SSSR count).